The largest absolute Gasteiger partial charge is 0.368 e. The van der Waals surface area contributed by atoms with Crippen molar-refractivity contribution in [2.45, 2.75) is 6.92 Å². The molecule has 1 heterocycles. The number of hydrogen-bond donors (Lipinski definition) is 2. The van der Waals surface area contributed by atoms with Gasteiger partial charge in [0.25, 0.3) is 0 Å². The first kappa shape index (κ1) is 12.1. The predicted molar refractivity (Wildman–Crippen MR) is 73.6 cm³/mol. The highest BCUT2D eigenvalue weighted by Crippen LogP contribution is 2.29. The van der Waals surface area contributed by atoms with Crippen molar-refractivity contribution in [3.05, 3.63) is 39.5 Å². The Morgan fingerprint density at radius 1 is 1.41 bits per heavy atom. The number of nitrogens with two attached hydrogens (primary N) is 1. The molecule has 0 saturated carbocycles. The summed E-state index contributed by atoms with van der Waals surface area (Å²) in [7, 11) is 0. The molecular weight excluding hydrogens is 304 g/mol. The van der Waals surface area contributed by atoms with E-state index >= 15 is 0 Å². The van der Waals surface area contributed by atoms with E-state index in [0.29, 0.717) is 10.8 Å². The van der Waals surface area contributed by atoms with E-state index in [1.165, 1.54) is 6.20 Å². The van der Waals surface area contributed by atoms with E-state index in [4.69, 9.17) is 17.3 Å². The third-order valence-corrected chi connectivity index (χ3v) is 3.11. The molecule has 1 aromatic carbocycles. The maximum atomic E-state index is 5.98. The Bertz CT molecular complexity index is 510. The standard InChI is InChI=1S/C11H10BrClN4/c1-6-2-3-7(12)9(4-6)16-10-8(13)5-15-11(14)17-10/h2-5H,1H3,(H3,14,15,16,17). The average Bonchev–Trinajstić information content (AvgIpc) is 2.28. The third kappa shape index (κ3) is 2.87. The van der Waals surface area contributed by atoms with Crippen molar-refractivity contribution in [3.8, 4) is 0 Å². The smallest absolute Gasteiger partial charge is 0.222 e. The van der Waals surface area contributed by atoms with Gasteiger partial charge in [0.05, 0.1) is 11.9 Å². The molecule has 0 aliphatic carbocycles. The highest BCUT2D eigenvalue weighted by molar-refractivity contribution is 9.10. The minimum absolute atomic E-state index is 0.181. The van der Waals surface area contributed by atoms with Gasteiger partial charge in [-0.1, -0.05) is 17.7 Å². The Balaban J connectivity index is 2.37. The number of aryl methyl sites for hydroxylation is 1. The molecule has 0 fully saturated rings. The van der Waals surface area contributed by atoms with Gasteiger partial charge in [-0.15, -0.1) is 0 Å². The normalized spacial score (nSPS) is 10.3. The molecule has 2 rings (SSSR count). The van der Waals surface area contributed by atoms with Gasteiger partial charge in [0, 0.05) is 4.47 Å². The predicted octanol–water partition coefficient (Wildman–Crippen LogP) is 3.53. The van der Waals surface area contributed by atoms with Crippen LogP contribution in [0.4, 0.5) is 17.5 Å². The van der Waals surface area contributed by atoms with Gasteiger partial charge in [0.1, 0.15) is 5.02 Å². The molecule has 4 nitrogen and oxygen atoms in total. The lowest BCUT2D eigenvalue weighted by molar-refractivity contribution is 1.18. The maximum absolute atomic E-state index is 5.98. The Labute approximate surface area is 112 Å². The number of rotatable bonds is 2. The van der Waals surface area contributed by atoms with Gasteiger partial charge < -0.3 is 11.1 Å². The first-order valence-electron chi connectivity index (χ1n) is 4.87. The molecule has 88 valence electrons. The number of benzene rings is 1. The second-order valence-corrected chi connectivity index (χ2v) is 4.79. The van der Waals surface area contributed by atoms with E-state index in [2.05, 4.69) is 31.2 Å². The van der Waals surface area contributed by atoms with Crippen LogP contribution in [0.5, 0.6) is 0 Å². The number of nitrogens with one attached hydrogen (secondary N) is 1. The van der Waals surface area contributed by atoms with E-state index < -0.39 is 0 Å². The minimum Gasteiger partial charge on any atom is -0.368 e. The summed E-state index contributed by atoms with van der Waals surface area (Å²) in [5, 5.41) is 3.54. The van der Waals surface area contributed by atoms with Gasteiger partial charge in [-0.25, -0.2) is 4.98 Å². The van der Waals surface area contributed by atoms with Gasteiger partial charge in [-0.05, 0) is 40.5 Å². The Kier molecular flexibility index (Phi) is 3.49. The summed E-state index contributed by atoms with van der Waals surface area (Å²) in [6, 6.07) is 5.94. The topological polar surface area (TPSA) is 63.8 Å². The second-order valence-electron chi connectivity index (χ2n) is 3.53. The van der Waals surface area contributed by atoms with Gasteiger partial charge in [-0.2, -0.15) is 4.98 Å². The van der Waals surface area contributed by atoms with E-state index in [0.717, 1.165) is 15.7 Å². The Morgan fingerprint density at radius 3 is 2.94 bits per heavy atom. The fourth-order valence-corrected chi connectivity index (χ4v) is 1.81. The van der Waals surface area contributed by atoms with E-state index in [9.17, 15) is 0 Å². The zero-order valence-electron chi connectivity index (χ0n) is 9.04. The zero-order valence-corrected chi connectivity index (χ0v) is 11.4. The van der Waals surface area contributed by atoms with Crippen LogP contribution in [0.1, 0.15) is 5.56 Å². The van der Waals surface area contributed by atoms with Crippen molar-refractivity contribution < 1.29 is 0 Å². The van der Waals surface area contributed by atoms with Crippen LogP contribution in [-0.4, -0.2) is 9.97 Å². The molecular formula is C11H10BrClN4. The summed E-state index contributed by atoms with van der Waals surface area (Å²) in [5.41, 5.74) is 7.53. The summed E-state index contributed by atoms with van der Waals surface area (Å²) in [6.07, 6.45) is 1.47. The summed E-state index contributed by atoms with van der Waals surface area (Å²) < 4.78 is 0.927. The highest BCUT2D eigenvalue weighted by Gasteiger charge is 2.06. The lowest BCUT2D eigenvalue weighted by atomic mass is 10.2. The molecule has 0 aliphatic rings. The third-order valence-electron chi connectivity index (χ3n) is 2.14. The van der Waals surface area contributed by atoms with Crippen molar-refractivity contribution in [2.24, 2.45) is 0 Å². The first-order chi connectivity index (χ1) is 8.06. The molecule has 2 aromatic rings. The molecule has 0 saturated heterocycles. The van der Waals surface area contributed by atoms with E-state index in [1.54, 1.807) is 0 Å². The number of aromatic nitrogens is 2. The molecule has 0 aliphatic heterocycles. The van der Waals surface area contributed by atoms with E-state index in [1.807, 2.05) is 25.1 Å². The maximum Gasteiger partial charge on any atom is 0.222 e. The van der Waals surface area contributed by atoms with Crippen LogP contribution in [0.25, 0.3) is 0 Å². The summed E-state index contributed by atoms with van der Waals surface area (Å²) in [5.74, 6) is 0.672. The second kappa shape index (κ2) is 4.89. The van der Waals surface area contributed by atoms with Crippen LogP contribution >= 0.6 is 27.5 Å². The van der Waals surface area contributed by atoms with E-state index in [-0.39, 0.29) is 5.95 Å². The van der Waals surface area contributed by atoms with Crippen LogP contribution in [0.3, 0.4) is 0 Å². The summed E-state index contributed by atoms with van der Waals surface area (Å²) in [6.45, 7) is 2.01. The number of hydrogen-bond acceptors (Lipinski definition) is 4. The molecule has 0 unspecified atom stereocenters. The van der Waals surface area contributed by atoms with Crippen molar-refractivity contribution in [1.29, 1.82) is 0 Å². The van der Waals surface area contributed by atoms with Crippen LogP contribution < -0.4 is 11.1 Å². The number of halogens is 2. The SMILES string of the molecule is Cc1ccc(Br)c(Nc2nc(N)ncc2Cl)c1. The molecule has 0 bridgehead atoms. The average molecular weight is 314 g/mol. The van der Waals surface area contributed by atoms with Crippen LogP contribution in [-0.2, 0) is 0 Å². The van der Waals surface area contributed by atoms with Gasteiger partial charge in [-0.3, -0.25) is 0 Å². The number of nitrogens with zero attached hydrogens (tertiary/aromatic N) is 2. The molecule has 0 spiro atoms. The van der Waals surface area contributed by atoms with Gasteiger partial charge >= 0.3 is 0 Å². The van der Waals surface area contributed by atoms with Crippen LogP contribution in [0.15, 0.2) is 28.9 Å². The summed E-state index contributed by atoms with van der Waals surface area (Å²) >= 11 is 9.43. The zero-order chi connectivity index (χ0) is 12.4. The minimum atomic E-state index is 0.181. The molecule has 3 N–H and O–H groups in total. The molecule has 17 heavy (non-hydrogen) atoms. The van der Waals surface area contributed by atoms with Crippen molar-refractivity contribution in [3.63, 3.8) is 0 Å². The molecule has 0 amide bonds. The highest BCUT2D eigenvalue weighted by atomic mass is 79.9. The molecule has 6 heteroatoms. The Hall–Kier alpha value is -1.33. The lowest BCUT2D eigenvalue weighted by Gasteiger charge is -2.10. The van der Waals surface area contributed by atoms with Crippen molar-refractivity contribution in [2.75, 3.05) is 11.1 Å². The van der Waals surface area contributed by atoms with Gasteiger partial charge in [0.15, 0.2) is 5.82 Å². The molecule has 1 aromatic heterocycles. The first-order valence-corrected chi connectivity index (χ1v) is 6.04. The monoisotopic (exact) mass is 312 g/mol. The quantitative estimate of drug-likeness (QED) is 0.890. The lowest BCUT2D eigenvalue weighted by Crippen LogP contribution is -2.01. The summed E-state index contributed by atoms with van der Waals surface area (Å²) in [4.78, 5) is 7.85. The van der Waals surface area contributed by atoms with Crippen LogP contribution in [0.2, 0.25) is 5.02 Å². The van der Waals surface area contributed by atoms with Crippen molar-refractivity contribution >= 4 is 45.0 Å². The van der Waals surface area contributed by atoms with Crippen molar-refractivity contribution in [1.82, 2.24) is 9.97 Å². The number of nitrogen functional groups attached to an aromatic ring is 1. The van der Waals surface area contributed by atoms with Crippen LogP contribution in [0, 0.1) is 6.92 Å². The number of anilines is 3. The Morgan fingerprint density at radius 2 is 2.18 bits per heavy atom. The fourth-order valence-electron chi connectivity index (χ4n) is 1.33. The molecule has 0 atom stereocenters. The molecule has 0 radical (unpaired) electrons. The van der Waals surface area contributed by atoms with Gasteiger partial charge in [0.2, 0.25) is 5.95 Å². The fraction of sp³-hybridized carbons (Fsp3) is 0.0909.